The van der Waals surface area contributed by atoms with E-state index in [9.17, 15) is 27.5 Å². The number of aliphatic hydroxyl groups excluding tert-OH is 1. The number of hydrogen-bond acceptors (Lipinski definition) is 5. The normalized spacial score (nSPS) is 12.0. The monoisotopic (exact) mass is 495 g/mol. The lowest BCUT2D eigenvalue weighted by Crippen LogP contribution is -2.30. The average molecular weight is 495 g/mol. The van der Waals surface area contributed by atoms with Gasteiger partial charge in [0.1, 0.15) is 11.5 Å². The van der Waals surface area contributed by atoms with Crippen LogP contribution in [0.3, 0.4) is 0 Å². The van der Waals surface area contributed by atoms with E-state index in [0.29, 0.717) is 10.4 Å². The predicted molar refractivity (Wildman–Crippen MR) is 117 cm³/mol. The van der Waals surface area contributed by atoms with E-state index in [0.717, 1.165) is 21.5 Å². The van der Waals surface area contributed by atoms with Gasteiger partial charge < -0.3 is 20.5 Å². The maximum absolute atomic E-state index is 13.1. The summed E-state index contributed by atoms with van der Waals surface area (Å²) in [5.74, 6) is -3.40. The molecule has 3 aromatic heterocycles. The number of nitrogens with one attached hydrogen (secondary N) is 2. The maximum Gasteiger partial charge on any atom is 0.490 e. The van der Waals surface area contributed by atoms with Crippen LogP contribution in [0, 0.1) is 5.82 Å². The topological polar surface area (TPSA) is 115 Å². The maximum atomic E-state index is 13.1. The van der Waals surface area contributed by atoms with E-state index < -0.39 is 18.2 Å². The summed E-state index contributed by atoms with van der Waals surface area (Å²) in [5.41, 5.74) is 2.43. The molecule has 34 heavy (non-hydrogen) atoms. The van der Waals surface area contributed by atoms with Crippen LogP contribution in [-0.4, -0.2) is 44.8 Å². The molecule has 0 radical (unpaired) electrons. The number of aromatic amines is 1. The smallest absolute Gasteiger partial charge is 0.475 e. The Labute approximate surface area is 193 Å². The number of thiophene rings is 1. The quantitative estimate of drug-likeness (QED) is 0.304. The van der Waals surface area contributed by atoms with Gasteiger partial charge in [-0.1, -0.05) is 12.1 Å². The molecule has 0 aliphatic carbocycles. The van der Waals surface area contributed by atoms with E-state index in [1.54, 1.807) is 24.4 Å². The first-order valence-electron chi connectivity index (χ1n) is 9.59. The van der Waals surface area contributed by atoms with Crippen molar-refractivity contribution in [3.63, 3.8) is 0 Å². The Morgan fingerprint density at radius 1 is 1.12 bits per heavy atom. The number of H-pyrrole nitrogens is 1. The number of carboxylic acid groups (broad SMARTS) is 1. The number of pyridine rings is 1. The number of alkyl halides is 3. The Bertz CT molecular complexity index is 1290. The molecule has 1 aromatic carbocycles. The van der Waals surface area contributed by atoms with Crippen LogP contribution in [0.15, 0.2) is 60.9 Å². The molecule has 4 rings (SSSR count). The van der Waals surface area contributed by atoms with Gasteiger partial charge in [-0.05, 0) is 42.0 Å². The first-order valence-corrected chi connectivity index (χ1v) is 10.4. The van der Waals surface area contributed by atoms with Crippen molar-refractivity contribution < 1.29 is 37.4 Å². The van der Waals surface area contributed by atoms with Crippen molar-refractivity contribution in [3.05, 3.63) is 77.2 Å². The third-order valence-corrected chi connectivity index (χ3v) is 5.67. The second kappa shape index (κ2) is 10.4. The number of rotatable bonds is 5. The van der Waals surface area contributed by atoms with Gasteiger partial charge in [-0.15, -0.1) is 11.3 Å². The Morgan fingerprint density at radius 2 is 1.79 bits per heavy atom. The Kier molecular flexibility index (Phi) is 7.64. The highest BCUT2D eigenvalue weighted by atomic mass is 32.1. The summed E-state index contributed by atoms with van der Waals surface area (Å²) >= 11 is 1.36. The van der Waals surface area contributed by atoms with Crippen molar-refractivity contribution in [1.82, 2.24) is 15.3 Å². The van der Waals surface area contributed by atoms with E-state index in [-0.39, 0.29) is 18.3 Å². The fourth-order valence-electron chi connectivity index (χ4n) is 2.92. The molecule has 12 heteroatoms. The molecule has 4 N–H and O–H groups in total. The number of nitrogens with zero attached hydrogens (tertiary/aromatic N) is 1. The highest BCUT2D eigenvalue weighted by Gasteiger charge is 2.38. The summed E-state index contributed by atoms with van der Waals surface area (Å²) in [4.78, 5) is 30.4. The van der Waals surface area contributed by atoms with Gasteiger partial charge in [0.25, 0.3) is 5.91 Å². The molecule has 1 amide bonds. The van der Waals surface area contributed by atoms with Crippen LogP contribution in [0.1, 0.15) is 21.3 Å². The van der Waals surface area contributed by atoms with Crippen molar-refractivity contribution >= 4 is 34.2 Å². The van der Waals surface area contributed by atoms with Crippen LogP contribution < -0.4 is 5.32 Å². The van der Waals surface area contributed by atoms with Crippen LogP contribution in [0.5, 0.6) is 0 Å². The van der Waals surface area contributed by atoms with Crippen molar-refractivity contribution in [2.45, 2.75) is 12.2 Å². The molecule has 0 spiro atoms. The molecule has 0 aliphatic rings. The van der Waals surface area contributed by atoms with Gasteiger partial charge in [0.05, 0.1) is 17.5 Å². The lowest BCUT2D eigenvalue weighted by Gasteiger charge is -2.16. The fraction of sp³-hybridized carbons (Fsp3) is 0.136. The molecule has 0 fully saturated rings. The van der Waals surface area contributed by atoms with Gasteiger partial charge in [0.15, 0.2) is 0 Å². The number of aromatic nitrogens is 2. The molecular weight excluding hydrogens is 478 g/mol. The summed E-state index contributed by atoms with van der Waals surface area (Å²) in [6.45, 7) is -0.274. The molecule has 7 nitrogen and oxygen atoms in total. The first kappa shape index (κ1) is 24.9. The molecule has 1 unspecified atom stereocenters. The summed E-state index contributed by atoms with van der Waals surface area (Å²) < 4.78 is 44.8. The minimum atomic E-state index is -5.08. The van der Waals surface area contributed by atoms with Crippen LogP contribution in [-0.2, 0) is 4.79 Å². The summed E-state index contributed by atoms with van der Waals surface area (Å²) in [6, 6.07) is 12.6. The first-order chi connectivity index (χ1) is 16.1. The van der Waals surface area contributed by atoms with Gasteiger partial charge in [0.2, 0.25) is 0 Å². The minimum absolute atomic E-state index is 0.274. The van der Waals surface area contributed by atoms with Crippen LogP contribution in [0.4, 0.5) is 17.6 Å². The molecule has 0 bridgehead atoms. The van der Waals surface area contributed by atoms with Gasteiger partial charge in [-0.25, -0.2) is 14.2 Å². The van der Waals surface area contributed by atoms with Crippen molar-refractivity contribution in [2.24, 2.45) is 0 Å². The predicted octanol–water partition coefficient (Wildman–Crippen LogP) is 4.53. The second-order valence-electron chi connectivity index (χ2n) is 6.83. The highest BCUT2D eigenvalue weighted by molar-refractivity contribution is 7.17. The standard InChI is InChI=1S/C20H16FN3O2S.C2HF3O2/c21-13-5-3-12(4-6-13)16(11-25)24-20(26)18-8-7-17(27-18)15-10-23-19-14(15)2-1-9-22-19;3-2(4,5)1(6)7/h1-10,16,25H,11H2,(H,22,23)(H,24,26);(H,6,7). The zero-order valence-corrected chi connectivity index (χ0v) is 18.0. The molecule has 0 saturated carbocycles. The van der Waals surface area contributed by atoms with Crippen LogP contribution >= 0.6 is 11.3 Å². The molecular formula is C22H17F4N3O4S. The summed E-state index contributed by atoms with van der Waals surface area (Å²) in [5, 5.41) is 20.5. The van der Waals surface area contributed by atoms with Crippen molar-refractivity contribution in [2.75, 3.05) is 6.61 Å². The second-order valence-corrected chi connectivity index (χ2v) is 7.91. The number of carboxylic acids is 1. The SMILES string of the molecule is O=C(NC(CO)c1ccc(F)cc1)c1ccc(-c2c[nH]c3ncccc23)s1.O=C(O)C(F)(F)F. The number of benzene rings is 1. The molecule has 0 saturated heterocycles. The van der Waals surface area contributed by atoms with E-state index >= 15 is 0 Å². The highest BCUT2D eigenvalue weighted by Crippen LogP contribution is 2.33. The van der Waals surface area contributed by atoms with Gasteiger partial charge in [-0.3, -0.25) is 4.79 Å². The number of hydrogen-bond donors (Lipinski definition) is 4. The lowest BCUT2D eigenvalue weighted by atomic mass is 10.1. The fourth-order valence-corrected chi connectivity index (χ4v) is 3.86. The average Bonchev–Trinajstić information content (AvgIpc) is 3.45. The number of carbonyl (C=O) groups is 2. The third kappa shape index (κ3) is 5.97. The number of fused-ring (bicyclic) bond motifs is 1. The Hall–Kier alpha value is -3.77. The van der Waals surface area contributed by atoms with Gasteiger partial charge >= 0.3 is 12.1 Å². The van der Waals surface area contributed by atoms with E-state index in [4.69, 9.17) is 9.90 Å². The molecule has 3 heterocycles. The number of aliphatic hydroxyl groups is 1. The zero-order chi connectivity index (χ0) is 24.9. The molecule has 178 valence electrons. The molecule has 4 aromatic rings. The number of halogens is 4. The van der Waals surface area contributed by atoms with E-state index in [1.165, 1.54) is 23.5 Å². The van der Waals surface area contributed by atoms with Crippen molar-refractivity contribution in [1.29, 1.82) is 0 Å². The Morgan fingerprint density at radius 3 is 2.41 bits per heavy atom. The van der Waals surface area contributed by atoms with Gasteiger partial charge in [0, 0.05) is 28.2 Å². The largest absolute Gasteiger partial charge is 0.490 e. The number of aliphatic carboxylic acids is 1. The summed E-state index contributed by atoms with van der Waals surface area (Å²) in [7, 11) is 0. The lowest BCUT2D eigenvalue weighted by molar-refractivity contribution is -0.192. The van der Waals surface area contributed by atoms with E-state index in [1.807, 2.05) is 24.4 Å². The van der Waals surface area contributed by atoms with E-state index in [2.05, 4.69) is 15.3 Å². The van der Waals surface area contributed by atoms with Gasteiger partial charge in [-0.2, -0.15) is 13.2 Å². The van der Waals surface area contributed by atoms with Crippen molar-refractivity contribution in [3.8, 4) is 10.4 Å². The minimum Gasteiger partial charge on any atom is -0.475 e. The third-order valence-electron chi connectivity index (χ3n) is 4.55. The van der Waals surface area contributed by atoms with Crippen LogP contribution in [0.2, 0.25) is 0 Å². The number of carbonyl (C=O) groups excluding carboxylic acids is 1. The number of amides is 1. The summed E-state index contributed by atoms with van der Waals surface area (Å²) in [6.07, 6.45) is -1.49. The molecule has 0 aliphatic heterocycles. The van der Waals surface area contributed by atoms with Crippen LogP contribution in [0.25, 0.3) is 21.5 Å². The molecule has 1 atom stereocenters. The Balaban J connectivity index is 0.000000406. The zero-order valence-electron chi connectivity index (χ0n) is 17.1.